The van der Waals surface area contributed by atoms with Gasteiger partial charge in [-0.25, -0.2) is 0 Å². The highest BCUT2D eigenvalue weighted by molar-refractivity contribution is 7.60. The van der Waals surface area contributed by atoms with Crippen LogP contribution in [0.2, 0.25) is 0 Å². The molecule has 0 radical (unpaired) electrons. The largest absolute Gasteiger partial charge is 0.111 e. The van der Waals surface area contributed by atoms with E-state index < -0.39 is 15.1 Å². The van der Waals surface area contributed by atoms with E-state index >= 15 is 0 Å². The second kappa shape index (κ2) is 12.6. The van der Waals surface area contributed by atoms with Gasteiger partial charge in [0.1, 0.15) is 0 Å². The van der Waals surface area contributed by atoms with E-state index in [0.717, 1.165) is 0 Å². The molecule has 1 saturated carbocycles. The maximum absolute atomic E-state index is 2.58. The number of fused-ring (bicyclic) bond motifs is 13. The summed E-state index contributed by atoms with van der Waals surface area (Å²) in [5, 5.41) is 17.0. The van der Waals surface area contributed by atoms with Crippen LogP contribution in [0.4, 0.5) is 0 Å². The average Bonchev–Trinajstić information content (AvgIpc) is 4.05. The Hall–Kier alpha value is -5.90. The molecule has 2 aliphatic rings. The van der Waals surface area contributed by atoms with Crippen molar-refractivity contribution >= 4 is 78.6 Å². The Morgan fingerprint density at radius 3 is 1.36 bits per heavy atom. The molecule has 2 heterocycles. The number of hydrogen-bond donors (Lipinski definition) is 0. The standard InChI is InChI=1S/C57H42P2/c1-58-51-30-7-4-16-37(51)43-25-13-23-41(55(43)58)35-19-11-21-39-47(35)34-48-36(42-24-14-26-44-38-17-5-8-31-52(38)59(2)56(42)44)20-12-22-40(48)53(39)46-27-15-29-50-54(46)45-18-3-6-28-49(45)57(50)32-9-10-33-57/h3-8,11-31,34H,9-10,32-33H2,1-2H3. The number of aryl methyl sites for hydroxylation is 2. The molecule has 0 amide bonds. The van der Waals surface area contributed by atoms with Crippen LogP contribution in [0.15, 0.2) is 170 Å². The highest BCUT2D eigenvalue weighted by atomic mass is 31.1. The number of rotatable bonds is 3. The Bertz CT molecular complexity index is 3410. The van der Waals surface area contributed by atoms with Crippen LogP contribution in [-0.2, 0) is 18.7 Å². The van der Waals surface area contributed by atoms with Crippen molar-refractivity contribution < 1.29 is 0 Å². The van der Waals surface area contributed by atoms with Gasteiger partial charge in [-0.3, -0.25) is 0 Å². The van der Waals surface area contributed by atoms with Gasteiger partial charge in [0.15, 0.2) is 0 Å². The van der Waals surface area contributed by atoms with Crippen molar-refractivity contribution in [1.82, 2.24) is 0 Å². The highest BCUT2D eigenvalue weighted by Gasteiger charge is 2.45. The van der Waals surface area contributed by atoms with Crippen molar-refractivity contribution in [3.63, 3.8) is 0 Å². The van der Waals surface area contributed by atoms with E-state index in [2.05, 4.69) is 183 Å². The van der Waals surface area contributed by atoms with Crippen molar-refractivity contribution in [1.29, 1.82) is 0 Å². The minimum atomic E-state index is -0.496. The maximum Gasteiger partial charge on any atom is 0.0215 e. The first-order valence-corrected chi connectivity index (χ1v) is 24.9. The van der Waals surface area contributed by atoms with Crippen LogP contribution in [0.25, 0.3) is 108 Å². The summed E-state index contributed by atoms with van der Waals surface area (Å²) < 4.78 is 0. The van der Waals surface area contributed by atoms with Gasteiger partial charge >= 0.3 is 0 Å². The summed E-state index contributed by atoms with van der Waals surface area (Å²) in [4.78, 5) is 0. The van der Waals surface area contributed by atoms with E-state index in [1.54, 1.807) is 0 Å². The predicted molar refractivity (Wildman–Crippen MR) is 260 cm³/mol. The second-order valence-corrected chi connectivity index (χ2v) is 21.3. The van der Waals surface area contributed by atoms with E-state index in [0.29, 0.717) is 0 Å². The lowest BCUT2D eigenvalue weighted by atomic mass is 9.76. The van der Waals surface area contributed by atoms with E-state index in [4.69, 9.17) is 0 Å². The summed E-state index contributed by atoms with van der Waals surface area (Å²) in [6.07, 6.45) is 5.04. The smallest absolute Gasteiger partial charge is 0.0215 e. The molecular weight excluding hydrogens is 747 g/mol. The average molecular weight is 789 g/mol. The van der Waals surface area contributed by atoms with Gasteiger partial charge in [0, 0.05) is 25.9 Å². The molecule has 11 aromatic rings. The zero-order valence-electron chi connectivity index (χ0n) is 33.4. The third-order valence-electron chi connectivity index (χ3n) is 14.5. The minimum absolute atomic E-state index is 0.106. The predicted octanol–water partition coefficient (Wildman–Crippen LogP) is 17.5. The van der Waals surface area contributed by atoms with E-state index in [1.807, 2.05) is 0 Å². The molecule has 13 rings (SSSR count). The van der Waals surface area contributed by atoms with E-state index in [-0.39, 0.29) is 5.41 Å². The van der Waals surface area contributed by atoms with Gasteiger partial charge in [0.25, 0.3) is 0 Å². The molecule has 2 aromatic heterocycles. The Morgan fingerprint density at radius 2 is 0.763 bits per heavy atom. The molecule has 2 heteroatoms. The van der Waals surface area contributed by atoms with Crippen LogP contribution in [0.1, 0.15) is 36.8 Å². The van der Waals surface area contributed by atoms with Crippen LogP contribution < -0.4 is 0 Å². The first-order valence-electron chi connectivity index (χ1n) is 21.3. The molecule has 2 unspecified atom stereocenters. The normalized spacial score (nSPS) is 15.1. The first kappa shape index (κ1) is 34.0. The summed E-state index contributed by atoms with van der Waals surface area (Å²) in [7, 11) is -0.991. The molecule has 0 bridgehead atoms. The molecule has 2 aliphatic carbocycles. The lowest BCUT2D eigenvalue weighted by molar-refractivity contribution is 0.550. The zero-order chi connectivity index (χ0) is 39.0. The fourth-order valence-corrected chi connectivity index (χ4v) is 16.5. The van der Waals surface area contributed by atoms with Gasteiger partial charge in [-0.15, -0.1) is 15.1 Å². The Morgan fingerprint density at radius 1 is 0.339 bits per heavy atom. The van der Waals surface area contributed by atoms with Crippen molar-refractivity contribution in [3.8, 4) is 44.5 Å². The minimum Gasteiger partial charge on any atom is -0.111 e. The summed E-state index contributed by atoms with van der Waals surface area (Å²) >= 11 is 0. The maximum atomic E-state index is 2.58. The van der Waals surface area contributed by atoms with Crippen molar-refractivity contribution in [2.75, 3.05) is 0 Å². The highest BCUT2D eigenvalue weighted by Crippen LogP contribution is 2.60. The van der Waals surface area contributed by atoms with Crippen molar-refractivity contribution in [3.05, 3.63) is 181 Å². The molecule has 1 spiro atoms. The molecule has 2 atom stereocenters. The molecule has 1 fully saturated rings. The van der Waals surface area contributed by atoms with Crippen LogP contribution >= 0.6 is 15.1 Å². The monoisotopic (exact) mass is 788 g/mol. The first-order chi connectivity index (χ1) is 29.1. The van der Waals surface area contributed by atoms with Crippen LogP contribution in [0, 0.1) is 0 Å². The Labute approximate surface area is 346 Å². The summed E-state index contributed by atoms with van der Waals surface area (Å²) in [6, 6.07) is 65.9. The van der Waals surface area contributed by atoms with Gasteiger partial charge in [0.2, 0.25) is 0 Å². The van der Waals surface area contributed by atoms with Crippen molar-refractivity contribution in [2.24, 2.45) is 13.3 Å². The summed E-state index contributed by atoms with van der Waals surface area (Å²) in [5.74, 6) is 0. The Balaban J connectivity index is 1.19. The van der Waals surface area contributed by atoms with Crippen molar-refractivity contribution in [2.45, 2.75) is 31.1 Å². The summed E-state index contributed by atoms with van der Waals surface area (Å²) in [6.45, 7) is 4.93. The molecule has 9 aromatic carbocycles. The molecular formula is C57H42P2. The van der Waals surface area contributed by atoms with Gasteiger partial charge in [-0.1, -0.05) is 177 Å². The van der Waals surface area contributed by atoms with Gasteiger partial charge < -0.3 is 0 Å². The fraction of sp³-hybridized carbons (Fsp3) is 0.123. The third-order valence-corrected chi connectivity index (χ3v) is 19.0. The van der Waals surface area contributed by atoms with Crippen LogP contribution in [0.5, 0.6) is 0 Å². The zero-order valence-corrected chi connectivity index (χ0v) is 35.2. The van der Waals surface area contributed by atoms with Crippen LogP contribution in [-0.4, -0.2) is 0 Å². The molecule has 59 heavy (non-hydrogen) atoms. The second-order valence-electron chi connectivity index (χ2n) is 17.2. The summed E-state index contributed by atoms with van der Waals surface area (Å²) in [5.41, 5.74) is 14.2. The lowest BCUT2D eigenvalue weighted by Gasteiger charge is -2.27. The fourth-order valence-electron chi connectivity index (χ4n) is 12.1. The molecule has 0 saturated heterocycles. The van der Waals surface area contributed by atoms with Crippen LogP contribution in [0.3, 0.4) is 0 Å². The van der Waals surface area contributed by atoms with Gasteiger partial charge in [-0.2, -0.15) is 0 Å². The Kier molecular flexibility index (Phi) is 7.24. The third kappa shape index (κ3) is 4.52. The van der Waals surface area contributed by atoms with Gasteiger partial charge in [-0.05, 0) is 131 Å². The number of hydrogen-bond acceptors (Lipinski definition) is 0. The molecule has 0 N–H and O–H groups in total. The van der Waals surface area contributed by atoms with E-state index in [1.165, 1.54) is 145 Å². The topological polar surface area (TPSA) is 0 Å². The molecule has 0 aliphatic heterocycles. The lowest BCUT2D eigenvalue weighted by Crippen LogP contribution is -2.20. The quantitative estimate of drug-likeness (QED) is 0.156. The van der Waals surface area contributed by atoms with Gasteiger partial charge in [0.05, 0.1) is 0 Å². The number of benzene rings is 9. The molecule has 280 valence electrons. The molecule has 0 nitrogen and oxygen atoms in total. The van der Waals surface area contributed by atoms with E-state index in [9.17, 15) is 0 Å². The SMILES string of the molecule is Cp1c2ccccc2c2cccc(-c3cccc4c(-c5cccc6c5-c5ccccc5C65CCCC5)c5cccc(-c6cccc7c8ccccc8p(C)c67)c5cc34)c21.